The van der Waals surface area contributed by atoms with Crippen LogP contribution in [0, 0.1) is 5.92 Å². The van der Waals surface area contributed by atoms with E-state index in [4.69, 9.17) is 4.74 Å². The minimum atomic E-state index is -3.11. The fourth-order valence-corrected chi connectivity index (χ4v) is 5.48. The van der Waals surface area contributed by atoms with Crippen molar-refractivity contribution in [1.29, 1.82) is 0 Å². The van der Waals surface area contributed by atoms with Crippen molar-refractivity contribution < 1.29 is 22.7 Å². The summed E-state index contributed by atoms with van der Waals surface area (Å²) in [5.74, 6) is 0.0285. The van der Waals surface area contributed by atoms with Gasteiger partial charge in [-0.1, -0.05) is 56.3 Å². The van der Waals surface area contributed by atoms with E-state index in [9.17, 15) is 18.0 Å². The number of carbonyl (C=O) groups excluding carboxylic acids is 2. The molecule has 2 amide bonds. The van der Waals surface area contributed by atoms with Crippen molar-refractivity contribution in [3.63, 3.8) is 0 Å². The maximum absolute atomic E-state index is 12.9. The number of sulfone groups is 1. The summed E-state index contributed by atoms with van der Waals surface area (Å²) in [7, 11) is -3.11. The Morgan fingerprint density at radius 3 is 2.44 bits per heavy atom. The number of amides is 2. The summed E-state index contributed by atoms with van der Waals surface area (Å²) in [5.41, 5.74) is 1.32. The number of rotatable bonds is 9. The molecule has 3 rings (SSSR count). The second-order valence-electron chi connectivity index (χ2n) is 8.45. The standard InChI is InChI=1S/C24H30N2O5S/c1-18(2)15-26(20-12-13-32(29,30)17-20)23(27)16-31-22-11-7-6-10-21(22)24(28)25-14-19-8-4-3-5-9-19/h3-11,18,20H,12-17H2,1-2H3,(H,25,28)/t20-/m1/s1. The molecule has 172 valence electrons. The van der Waals surface area contributed by atoms with E-state index in [1.807, 2.05) is 44.2 Å². The average Bonchev–Trinajstić information content (AvgIpc) is 3.14. The molecule has 0 unspecified atom stereocenters. The van der Waals surface area contributed by atoms with Gasteiger partial charge in [-0.15, -0.1) is 0 Å². The summed E-state index contributed by atoms with van der Waals surface area (Å²) in [4.78, 5) is 27.3. The van der Waals surface area contributed by atoms with E-state index in [2.05, 4.69) is 5.32 Å². The van der Waals surface area contributed by atoms with Gasteiger partial charge in [0.2, 0.25) is 0 Å². The molecule has 1 atom stereocenters. The molecule has 32 heavy (non-hydrogen) atoms. The molecular formula is C24H30N2O5S. The summed E-state index contributed by atoms with van der Waals surface area (Å²) < 4.78 is 29.6. The highest BCUT2D eigenvalue weighted by Gasteiger charge is 2.35. The van der Waals surface area contributed by atoms with Gasteiger partial charge in [-0.3, -0.25) is 9.59 Å². The average molecular weight is 459 g/mol. The first-order chi connectivity index (χ1) is 15.2. The molecule has 2 aromatic rings. The summed E-state index contributed by atoms with van der Waals surface area (Å²) >= 11 is 0. The summed E-state index contributed by atoms with van der Waals surface area (Å²) in [5, 5.41) is 2.86. The Morgan fingerprint density at radius 2 is 1.78 bits per heavy atom. The van der Waals surface area contributed by atoms with Gasteiger partial charge in [0, 0.05) is 19.1 Å². The molecule has 0 bridgehead atoms. The van der Waals surface area contributed by atoms with Crippen LogP contribution in [0.5, 0.6) is 5.75 Å². The molecule has 0 saturated carbocycles. The number of benzene rings is 2. The largest absolute Gasteiger partial charge is 0.483 e. The molecule has 1 saturated heterocycles. The molecule has 1 aliphatic heterocycles. The van der Waals surface area contributed by atoms with Crippen molar-refractivity contribution in [2.24, 2.45) is 5.92 Å². The molecule has 0 spiro atoms. The van der Waals surface area contributed by atoms with Gasteiger partial charge in [0.1, 0.15) is 5.75 Å². The molecule has 0 aliphatic carbocycles. The van der Waals surface area contributed by atoms with E-state index < -0.39 is 9.84 Å². The van der Waals surface area contributed by atoms with Gasteiger partial charge >= 0.3 is 0 Å². The molecule has 1 N–H and O–H groups in total. The van der Waals surface area contributed by atoms with Crippen molar-refractivity contribution in [1.82, 2.24) is 10.2 Å². The van der Waals surface area contributed by atoms with Gasteiger partial charge in [0.25, 0.3) is 11.8 Å². The van der Waals surface area contributed by atoms with E-state index in [1.165, 1.54) is 0 Å². The number of ether oxygens (including phenoxy) is 1. The minimum absolute atomic E-state index is 0.00998. The lowest BCUT2D eigenvalue weighted by Crippen LogP contribution is -2.45. The summed E-state index contributed by atoms with van der Waals surface area (Å²) in [6.07, 6.45) is 0.444. The van der Waals surface area contributed by atoms with E-state index in [-0.39, 0.29) is 41.9 Å². The lowest BCUT2D eigenvalue weighted by Gasteiger charge is -2.30. The number of hydrogen-bond acceptors (Lipinski definition) is 5. The number of hydrogen-bond donors (Lipinski definition) is 1. The highest BCUT2D eigenvalue weighted by Crippen LogP contribution is 2.21. The number of carbonyl (C=O) groups is 2. The van der Waals surface area contributed by atoms with Crippen LogP contribution in [0.1, 0.15) is 36.2 Å². The molecule has 0 aromatic heterocycles. The van der Waals surface area contributed by atoms with Crippen LogP contribution in [-0.2, 0) is 21.2 Å². The lowest BCUT2D eigenvalue weighted by molar-refractivity contribution is -0.135. The Hall–Kier alpha value is -2.87. The summed E-state index contributed by atoms with van der Waals surface area (Å²) in [6, 6.07) is 16.0. The van der Waals surface area contributed by atoms with Crippen LogP contribution < -0.4 is 10.1 Å². The Bertz CT molecular complexity index is 1040. The fourth-order valence-electron chi connectivity index (χ4n) is 3.75. The number of nitrogens with one attached hydrogen (secondary N) is 1. The van der Waals surface area contributed by atoms with Crippen LogP contribution in [0.2, 0.25) is 0 Å². The van der Waals surface area contributed by atoms with Crippen molar-refractivity contribution >= 4 is 21.7 Å². The quantitative estimate of drug-likeness (QED) is 0.624. The van der Waals surface area contributed by atoms with Crippen LogP contribution in [0.3, 0.4) is 0 Å². The fraction of sp³-hybridized carbons (Fsp3) is 0.417. The first kappa shape index (κ1) is 23.8. The van der Waals surface area contributed by atoms with Gasteiger partial charge in [0.05, 0.1) is 17.1 Å². The molecule has 7 nitrogen and oxygen atoms in total. The Kier molecular flexibility index (Phi) is 7.90. The van der Waals surface area contributed by atoms with E-state index >= 15 is 0 Å². The monoisotopic (exact) mass is 458 g/mol. The van der Waals surface area contributed by atoms with Gasteiger partial charge < -0.3 is 15.0 Å². The Labute approximate surface area is 189 Å². The predicted octanol–water partition coefficient (Wildman–Crippen LogP) is 2.67. The van der Waals surface area contributed by atoms with Gasteiger partial charge in [-0.25, -0.2) is 8.42 Å². The second kappa shape index (κ2) is 10.6. The highest BCUT2D eigenvalue weighted by molar-refractivity contribution is 7.91. The van der Waals surface area contributed by atoms with Crippen LogP contribution in [-0.4, -0.2) is 55.8 Å². The zero-order valence-electron chi connectivity index (χ0n) is 18.5. The topological polar surface area (TPSA) is 92.8 Å². The molecule has 1 aliphatic rings. The zero-order chi connectivity index (χ0) is 23.1. The first-order valence-electron chi connectivity index (χ1n) is 10.8. The number of para-hydroxylation sites is 1. The molecule has 8 heteroatoms. The maximum Gasteiger partial charge on any atom is 0.260 e. The third-order valence-electron chi connectivity index (χ3n) is 5.31. The van der Waals surface area contributed by atoms with Gasteiger partial charge in [0.15, 0.2) is 16.4 Å². The predicted molar refractivity (Wildman–Crippen MR) is 123 cm³/mol. The van der Waals surface area contributed by atoms with E-state index in [0.717, 1.165) is 5.56 Å². The van der Waals surface area contributed by atoms with E-state index in [0.29, 0.717) is 30.8 Å². The zero-order valence-corrected chi connectivity index (χ0v) is 19.3. The van der Waals surface area contributed by atoms with Gasteiger partial charge in [-0.2, -0.15) is 0 Å². The SMILES string of the molecule is CC(C)CN(C(=O)COc1ccccc1C(=O)NCc1ccccc1)[C@@H]1CCS(=O)(=O)C1. The van der Waals surface area contributed by atoms with Crippen LogP contribution in [0.25, 0.3) is 0 Å². The smallest absolute Gasteiger partial charge is 0.260 e. The normalized spacial score (nSPS) is 17.2. The molecule has 1 fully saturated rings. The molecular weight excluding hydrogens is 428 g/mol. The number of nitrogens with zero attached hydrogens (tertiary/aromatic N) is 1. The highest BCUT2D eigenvalue weighted by atomic mass is 32.2. The van der Waals surface area contributed by atoms with Crippen molar-refractivity contribution in [2.45, 2.75) is 32.9 Å². The summed E-state index contributed by atoms with van der Waals surface area (Å²) in [6.45, 7) is 4.55. The van der Waals surface area contributed by atoms with Crippen LogP contribution >= 0.6 is 0 Å². The lowest BCUT2D eigenvalue weighted by atomic mass is 10.1. The van der Waals surface area contributed by atoms with Crippen LogP contribution in [0.15, 0.2) is 54.6 Å². The first-order valence-corrected chi connectivity index (χ1v) is 12.6. The second-order valence-corrected chi connectivity index (χ2v) is 10.7. The van der Waals surface area contributed by atoms with Crippen molar-refractivity contribution in [2.75, 3.05) is 24.7 Å². The molecule has 1 heterocycles. The minimum Gasteiger partial charge on any atom is -0.483 e. The third kappa shape index (κ3) is 6.56. The van der Waals surface area contributed by atoms with E-state index in [1.54, 1.807) is 29.2 Å². The maximum atomic E-state index is 12.9. The third-order valence-corrected chi connectivity index (χ3v) is 7.06. The molecule has 0 radical (unpaired) electrons. The van der Waals surface area contributed by atoms with Gasteiger partial charge in [-0.05, 0) is 30.0 Å². The Balaban J connectivity index is 1.65. The van der Waals surface area contributed by atoms with Crippen molar-refractivity contribution in [3.8, 4) is 5.75 Å². The molecule has 2 aromatic carbocycles. The van der Waals surface area contributed by atoms with Crippen LogP contribution in [0.4, 0.5) is 0 Å². The van der Waals surface area contributed by atoms with Crippen molar-refractivity contribution in [3.05, 3.63) is 65.7 Å². The Morgan fingerprint density at radius 1 is 1.09 bits per heavy atom.